The minimum atomic E-state index is -0.691. The second kappa shape index (κ2) is 10.1. The monoisotopic (exact) mass is 497 g/mol. The van der Waals surface area contributed by atoms with Crippen molar-refractivity contribution in [2.45, 2.75) is 30.8 Å². The number of thioether (sulfide) groups is 1. The van der Waals surface area contributed by atoms with Gasteiger partial charge in [-0.1, -0.05) is 53.7 Å². The lowest BCUT2D eigenvalue weighted by atomic mass is 10.1. The van der Waals surface area contributed by atoms with Crippen molar-refractivity contribution < 1.29 is 14.1 Å². The average Bonchev–Trinajstić information content (AvgIpc) is 3.43. The maximum Gasteiger partial charge on any atom is 0.289 e. The molecule has 174 valence electrons. The van der Waals surface area contributed by atoms with E-state index in [1.807, 2.05) is 54.8 Å². The molecule has 34 heavy (non-hydrogen) atoms. The number of nitro groups is 1. The number of hydrogen-bond donors (Lipinski definition) is 1. The fourth-order valence-electron chi connectivity index (χ4n) is 3.42. The Morgan fingerprint density at radius 2 is 2.00 bits per heavy atom. The molecule has 1 N–H and O–H groups in total. The lowest BCUT2D eigenvalue weighted by molar-refractivity contribution is -0.384. The minimum absolute atomic E-state index is 0.00454. The molecule has 0 saturated carbocycles. The number of rotatable bonds is 8. The number of aryl methyl sites for hydroxylation is 1. The number of aromatic nitrogens is 3. The maximum absolute atomic E-state index is 13.4. The molecule has 2 aromatic heterocycles. The zero-order valence-electron chi connectivity index (χ0n) is 18.3. The van der Waals surface area contributed by atoms with Gasteiger partial charge in [0.1, 0.15) is 16.0 Å². The van der Waals surface area contributed by atoms with Crippen molar-refractivity contribution in [2.24, 2.45) is 0 Å². The van der Waals surface area contributed by atoms with E-state index in [4.69, 9.17) is 16.0 Å². The van der Waals surface area contributed by atoms with Gasteiger partial charge in [0.15, 0.2) is 11.0 Å². The topological polar surface area (TPSA) is 116 Å². The molecule has 9 nitrogen and oxygen atoms in total. The SMILES string of the molecule is CCn1c(SC(C(=O)Nc2ccc(Cl)c([N+](=O)[O-])c2)c2ccccc2)nnc1-c1ccoc1C. The van der Waals surface area contributed by atoms with Crippen LogP contribution in [0.3, 0.4) is 0 Å². The molecule has 1 atom stereocenters. The highest BCUT2D eigenvalue weighted by Crippen LogP contribution is 2.38. The second-order valence-electron chi connectivity index (χ2n) is 7.26. The van der Waals surface area contributed by atoms with Crippen molar-refractivity contribution in [3.05, 3.63) is 87.3 Å². The lowest BCUT2D eigenvalue weighted by Gasteiger charge is -2.17. The Balaban J connectivity index is 1.67. The number of furan rings is 1. The number of carbonyl (C=O) groups excluding carboxylic acids is 1. The van der Waals surface area contributed by atoms with Gasteiger partial charge in [0.25, 0.3) is 5.69 Å². The molecule has 11 heteroatoms. The van der Waals surface area contributed by atoms with E-state index in [1.54, 1.807) is 6.26 Å². The van der Waals surface area contributed by atoms with Crippen LogP contribution in [0.4, 0.5) is 11.4 Å². The Labute approximate surface area is 204 Å². The summed E-state index contributed by atoms with van der Waals surface area (Å²) in [6, 6.07) is 15.2. The Morgan fingerprint density at radius 1 is 1.24 bits per heavy atom. The first kappa shape index (κ1) is 23.5. The summed E-state index contributed by atoms with van der Waals surface area (Å²) in [5.41, 5.74) is 1.57. The first-order valence-corrected chi connectivity index (χ1v) is 11.6. The number of anilines is 1. The van der Waals surface area contributed by atoms with Crippen molar-refractivity contribution >= 4 is 40.6 Å². The van der Waals surface area contributed by atoms with Crippen LogP contribution in [0.1, 0.15) is 23.5 Å². The van der Waals surface area contributed by atoms with E-state index in [-0.39, 0.29) is 22.3 Å². The van der Waals surface area contributed by atoms with E-state index in [1.165, 1.54) is 30.0 Å². The van der Waals surface area contributed by atoms with Crippen LogP contribution in [-0.2, 0) is 11.3 Å². The molecule has 0 spiro atoms. The molecule has 0 aliphatic carbocycles. The zero-order valence-corrected chi connectivity index (χ0v) is 19.8. The number of nitrogens with one attached hydrogen (secondary N) is 1. The quantitative estimate of drug-likeness (QED) is 0.183. The Morgan fingerprint density at radius 3 is 2.65 bits per heavy atom. The highest BCUT2D eigenvalue weighted by molar-refractivity contribution is 8.00. The number of amides is 1. The summed E-state index contributed by atoms with van der Waals surface area (Å²) in [5.74, 6) is 1.01. The van der Waals surface area contributed by atoms with Gasteiger partial charge >= 0.3 is 0 Å². The number of carbonyl (C=O) groups is 1. The van der Waals surface area contributed by atoms with Gasteiger partial charge in [-0.3, -0.25) is 14.9 Å². The van der Waals surface area contributed by atoms with E-state index in [2.05, 4.69) is 15.5 Å². The molecule has 0 bridgehead atoms. The molecule has 0 saturated heterocycles. The molecular weight excluding hydrogens is 478 g/mol. The molecule has 4 aromatic rings. The highest BCUT2D eigenvalue weighted by atomic mass is 35.5. The van der Waals surface area contributed by atoms with Crippen LogP contribution in [0, 0.1) is 17.0 Å². The fraction of sp³-hybridized carbons (Fsp3) is 0.174. The summed E-state index contributed by atoms with van der Waals surface area (Å²) in [6.45, 7) is 4.40. The number of halogens is 1. The Hall–Kier alpha value is -3.63. The summed E-state index contributed by atoms with van der Waals surface area (Å²) in [4.78, 5) is 24.0. The summed E-state index contributed by atoms with van der Waals surface area (Å²) in [5, 5.41) is 22.5. The van der Waals surface area contributed by atoms with Gasteiger partial charge in [-0.25, -0.2) is 0 Å². The first-order chi connectivity index (χ1) is 16.4. The molecule has 0 aliphatic rings. The van der Waals surface area contributed by atoms with Crippen molar-refractivity contribution in [1.29, 1.82) is 0 Å². The molecule has 2 heterocycles. The van der Waals surface area contributed by atoms with Crippen LogP contribution in [0.5, 0.6) is 0 Å². The highest BCUT2D eigenvalue weighted by Gasteiger charge is 2.27. The van der Waals surface area contributed by atoms with Gasteiger partial charge in [-0.05, 0) is 37.6 Å². The van der Waals surface area contributed by atoms with E-state index < -0.39 is 10.2 Å². The molecule has 4 rings (SSSR count). The molecule has 2 aromatic carbocycles. The second-order valence-corrected chi connectivity index (χ2v) is 8.74. The van der Waals surface area contributed by atoms with Crippen molar-refractivity contribution in [3.63, 3.8) is 0 Å². The van der Waals surface area contributed by atoms with Gasteiger partial charge in [-0.15, -0.1) is 10.2 Å². The fourth-order valence-corrected chi connectivity index (χ4v) is 4.71. The van der Waals surface area contributed by atoms with E-state index >= 15 is 0 Å². The lowest BCUT2D eigenvalue weighted by Crippen LogP contribution is -2.19. The third-order valence-electron chi connectivity index (χ3n) is 5.11. The molecular formula is C23H20ClN5O4S. The zero-order chi connectivity index (χ0) is 24.2. The van der Waals surface area contributed by atoms with Gasteiger partial charge in [0.05, 0.1) is 16.7 Å². The summed E-state index contributed by atoms with van der Waals surface area (Å²) in [6.07, 6.45) is 1.59. The predicted octanol–water partition coefficient (Wildman–Crippen LogP) is 5.90. The van der Waals surface area contributed by atoms with Crippen LogP contribution in [0.15, 0.2) is 70.4 Å². The number of hydrogen-bond acceptors (Lipinski definition) is 7. The molecule has 1 amide bonds. The number of benzene rings is 2. The summed E-state index contributed by atoms with van der Waals surface area (Å²) < 4.78 is 7.32. The van der Waals surface area contributed by atoms with Crippen molar-refractivity contribution in [2.75, 3.05) is 5.32 Å². The van der Waals surface area contributed by atoms with Crippen LogP contribution < -0.4 is 5.32 Å². The van der Waals surface area contributed by atoms with E-state index in [0.29, 0.717) is 17.5 Å². The van der Waals surface area contributed by atoms with Gasteiger partial charge in [0, 0.05) is 18.3 Å². The summed E-state index contributed by atoms with van der Waals surface area (Å²) in [7, 11) is 0. The average molecular weight is 498 g/mol. The van der Waals surface area contributed by atoms with E-state index in [0.717, 1.165) is 16.9 Å². The third-order valence-corrected chi connectivity index (χ3v) is 6.66. The van der Waals surface area contributed by atoms with Crippen LogP contribution in [0.2, 0.25) is 5.02 Å². The summed E-state index contributed by atoms with van der Waals surface area (Å²) >= 11 is 7.14. The van der Waals surface area contributed by atoms with Crippen molar-refractivity contribution in [1.82, 2.24) is 14.8 Å². The van der Waals surface area contributed by atoms with Crippen molar-refractivity contribution in [3.8, 4) is 11.4 Å². The molecule has 0 aliphatic heterocycles. The number of nitrogens with zero attached hydrogens (tertiary/aromatic N) is 4. The van der Waals surface area contributed by atoms with Gasteiger partial charge in [0.2, 0.25) is 5.91 Å². The number of nitro benzene ring substituents is 1. The Bertz CT molecular complexity index is 1340. The molecule has 1 unspecified atom stereocenters. The van der Waals surface area contributed by atoms with E-state index in [9.17, 15) is 14.9 Å². The first-order valence-electron chi connectivity index (χ1n) is 10.3. The predicted molar refractivity (Wildman–Crippen MR) is 130 cm³/mol. The van der Waals surface area contributed by atoms with Crippen LogP contribution in [-0.4, -0.2) is 25.6 Å². The standard InChI is InChI=1S/C23H20ClN5O4S/c1-3-28-21(17-11-12-33-14(17)2)26-27-23(28)34-20(15-7-5-4-6-8-15)22(30)25-16-9-10-18(24)19(13-16)29(31)32/h4-13,20H,3H2,1-2H3,(H,25,30). The normalized spacial score (nSPS) is 11.9. The molecule has 0 fully saturated rings. The maximum atomic E-state index is 13.4. The van der Waals surface area contributed by atoms with Gasteiger partial charge in [-0.2, -0.15) is 0 Å². The van der Waals surface area contributed by atoms with Crippen LogP contribution in [0.25, 0.3) is 11.4 Å². The molecule has 0 radical (unpaired) electrons. The Kier molecular flexibility index (Phi) is 6.99. The minimum Gasteiger partial charge on any atom is -0.469 e. The smallest absolute Gasteiger partial charge is 0.289 e. The largest absolute Gasteiger partial charge is 0.469 e. The van der Waals surface area contributed by atoms with Gasteiger partial charge < -0.3 is 14.3 Å². The third kappa shape index (κ3) is 4.82. The van der Waals surface area contributed by atoms with Crippen LogP contribution >= 0.6 is 23.4 Å².